The van der Waals surface area contributed by atoms with Crippen LogP contribution in [-0.2, 0) is 24.0 Å². The second-order valence-corrected chi connectivity index (χ2v) is 8.00. The van der Waals surface area contributed by atoms with E-state index < -0.39 is 5.60 Å². The first kappa shape index (κ1) is 23.3. The van der Waals surface area contributed by atoms with Crippen molar-refractivity contribution in [2.75, 3.05) is 32.7 Å². The van der Waals surface area contributed by atoms with Gasteiger partial charge in [-0.3, -0.25) is 14.3 Å². The van der Waals surface area contributed by atoms with Crippen molar-refractivity contribution in [2.24, 2.45) is 12.0 Å². The summed E-state index contributed by atoms with van der Waals surface area (Å²) in [7, 11) is 1.81. The van der Waals surface area contributed by atoms with Crippen LogP contribution in [0.2, 0.25) is 0 Å². The van der Waals surface area contributed by atoms with Gasteiger partial charge in [0.1, 0.15) is 5.60 Å². The summed E-state index contributed by atoms with van der Waals surface area (Å²) >= 11 is 0. The Morgan fingerprint density at radius 1 is 1.31 bits per heavy atom. The highest BCUT2D eigenvalue weighted by molar-refractivity contribution is 5.97. The number of aryl methyl sites for hydroxylation is 1. The number of nitrogens with one attached hydrogen (secondary N) is 3. The molecule has 172 valence electrons. The quantitative estimate of drug-likeness (QED) is 0.353. The van der Waals surface area contributed by atoms with Crippen molar-refractivity contribution in [1.82, 2.24) is 30.6 Å². The number of piperazine rings is 1. The van der Waals surface area contributed by atoms with Crippen LogP contribution in [0, 0.1) is 0 Å². The van der Waals surface area contributed by atoms with Crippen LogP contribution in [0.15, 0.2) is 41.7 Å². The van der Waals surface area contributed by atoms with E-state index in [9.17, 15) is 14.7 Å². The molecule has 0 saturated carbocycles. The Morgan fingerprint density at radius 3 is 2.69 bits per heavy atom. The summed E-state index contributed by atoms with van der Waals surface area (Å²) in [6.45, 7) is 6.12. The van der Waals surface area contributed by atoms with Crippen molar-refractivity contribution in [2.45, 2.75) is 26.0 Å². The molecule has 10 nitrogen and oxygen atoms in total. The number of hydrogen-bond acceptors (Lipinski definition) is 5. The van der Waals surface area contributed by atoms with Crippen LogP contribution in [-0.4, -0.2) is 70.3 Å². The number of carbonyl (C=O) groups excluding carboxylic acids is 2. The van der Waals surface area contributed by atoms with Crippen molar-refractivity contribution in [3.8, 4) is 0 Å². The van der Waals surface area contributed by atoms with Crippen molar-refractivity contribution in [3.05, 3.63) is 53.3 Å². The first-order chi connectivity index (χ1) is 15.3. The van der Waals surface area contributed by atoms with Gasteiger partial charge in [0.15, 0.2) is 5.96 Å². The van der Waals surface area contributed by atoms with Gasteiger partial charge in [-0.1, -0.05) is 12.1 Å². The summed E-state index contributed by atoms with van der Waals surface area (Å²) in [5.41, 5.74) is 1.10. The lowest BCUT2D eigenvalue weighted by atomic mass is 10.00. The lowest BCUT2D eigenvalue weighted by Crippen LogP contribution is -2.49. The van der Waals surface area contributed by atoms with Gasteiger partial charge in [0.2, 0.25) is 5.91 Å². The maximum absolute atomic E-state index is 12.6. The van der Waals surface area contributed by atoms with Gasteiger partial charge < -0.3 is 26.0 Å². The third-order valence-electron chi connectivity index (χ3n) is 5.22. The molecule has 3 rings (SSSR count). The minimum absolute atomic E-state index is 0.0887. The summed E-state index contributed by atoms with van der Waals surface area (Å²) in [5.74, 6) is 0.292. The van der Waals surface area contributed by atoms with Gasteiger partial charge in [0, 0.05) is 44.0 Å². The molecule has 1 aromatic heterocycles. The molecular weight excluding hydrogens is 410 g/mol. The number of benzene rings is 1. The predicted octanol–water partition coefficient (Wildman–Crippen LogP) is -0.0451. The average molecular weight is 442 g/mol. The number of carbonyl (C=O) groups is 2. The molecule has 2 heterocycles. The van der Waals surface area contributed by atoms with Crippen molar-refractivity contribution in [3.63, 3.8) is 0 Å². The first-order valence-corrected chi connectivity index (χ1v) is 10.7. The predicted molar refractivity (Wildman–Crippen MR) is 121 cm³/mol. The van der Waals surface area contributed by atoms with Crippen molar-refractivity contribution in [1.29, 1.82) is 0 Å². The summed E-state index contributed by atoms with van der Waals surface area (Å²) < 4.78 is 1.65. The third-order valence-corrected chi connectivity index (χ3v) is 5.22. The molecule has 1 saturated heterocycles. The number of rotatable bonds is 7. The maximum Gasteiger partial charge on any atom is 0.254 e. The zero-order chi connectivity index (χ0) is 23.1. The topological polar surface area (TPSA) is 124 Å². The van der Waals surface area contributed by atoms with Gasteiger partial charge in [0.25, 0.3) is 5.91 Å². The van der Waals surface area contributed by atoms with E-state index in [4.69, 9.17) is 0 Å². The lowest BCUT2D eigenvalue weighted by molar-refractivity contribution is -0.123. The van der Waals surface area contributed by atoms with E-state index in [0.29, 0.717) is 37.7 Å². The van der Waals surface area contributed by atoms with Gasteiger partial charge in [-0.15, -0.1) is 0 Å². The molecule has 2 amide bonds. The molecule has 2 aromatic rings. The molecule has 1 atom stereocenters. The third kappa shape index (κ3) is 6.07. The van der Waals surface area contributed by atoms with Crippen LogP contribution in [0.5, 0.6) is 0 Å². The van der Waals surface area contributed by atoms with E-state index in [-0.39, 0.29) is 24.9 Å². The van der Waals surface area contributed by atoms with Gasteiger partial charge >= 0.3 is 0 Å². The standard InChI is InChI=1S/C22H31N7O3/c1-4-23-21(26-15-22(2,32)18-12-27-28(3)13-18)25-11-16-5-7-17(8-6-16)20(31)29-10-9-24-19(30)14-29/h5-8,12-13,32H,4,9-11,14-15H2,1-3H3,(H,24,30)(H2,23,25,26). The summed E-state index contributed by atoms with van der Waals surface area (Å²) in [6.07, 6.45) is 3.43. The normalized spacial score (nSPS) is 16.3. The SMILES string of the molecule is CCNC(=NCc1ccc(C(=O)N2CCNC(=O)C2)cc1)NCC(C)(O)c1cnn(C)c1. The molecule has 0 radical (unpaired) electrons. The summed E-state index contributed by atoms with van der Waals surface area (Å²) in [5, 5.41) is 23.9. The highest BCUT2D eigenvalue weighted by Crippen LogP contribution is 2.18. The van der Waals surface area contributed by atoms with Crippen LogP contribution < -0.4 is 16.0 Å². The monoisotopic (exact) mass is 441 g/mol. The number of aliphatic hydroxyl groups is 1. The molecule has 0 aliphatic carbocycles. The molecule has 32 heavy (non-hydrogen) atoms. The van der Waals surface area contributed by atoms with Crippen LogP contribution in [0.3, 0.4) is 0 Å². The maximum atomic E-state index is 12.6. The van der Waals surface area contributed by atoms with Crippen LogP contribution in [0.25, 0.3) is 0 Å². The highest BCUT2D eigenvalue weighted by atomic mass is 16.3. The smallest absolute Gasteiger partial charge is 0.254 e. The largest absolute Gasteiger partial charge is 0.383 e. The number of hydrogen-bond donors (Lipinski definition) is 4. The minimum Gasteiger partial charge on any atom is -0.383 e. The first-order valence-electron chi connectivity index (χ1n) is 10.7. The molecule has 10 heteroatoms. The number of aromatic nitrogens is 2. The van der Waals surface area contributed by atoms with Crippen LogP contribution in [0.4, 0.5) is 0 Å². The van der Waals surface area contributed by atoms with Gasteiger partial charge in [-0.05, 0) is 31.5 Å². The van der Waals surface area contributed by atoms with E-state index >= 15 is 0 Å². The molecule has 0 bridgehead atoms. The zero-order valence-electron chi connectivity index (χ0n) is 18.8. The molecule has 4 N–H and O–H groups in total. The average Bonchev–Trinajstić information content (AvgIpc) is 3.23. The fraction of sp³-hybridized carbons (Fsp3) is 0.455. The number of amides is 2. The number of guanidine groups is 1. The second kappa shape index (κ2) is 10.3. The second-order valence-electron chi connectivity index (χ2n) is 8.00. The Kier molecular flexibility index (Phi) is 7.47. The van der Waals surface area contributed by atoms with Crippen LogP contribution in [0.1, 0.15) is 35.3 Å². The molecule has 1 aromatic carbocycles. The van der Waals surface area contributed by atoms with Gasteiger partial charge in [-0.2, -0.15) is 5.10 Å². The Balaban J connectivity index is 1.59. The molecule has 0 spiro atoms. The summed E-state index contributed by atoms with van der Waals surface area (Å²) in [6, 6.07) is 7.23. The molecule has 1 fully saturated rings. The van der Waals surface area contributed by atoms with Crippen LogP contribution >= 0.6 is 0 Å². The van der Waals surface area contributed by atoms with E-state index in [1.807, 2.05) is 19.1 Å². The molecule has 1 unspecified atom stereocenters. The minimum atomic E-state index is -1.10. The van der Waals surface area contributed by atoms with E-state index in [1.165, 1.54) is 0 Å². The molecular formula is C22H31N7O3. The number of nitrogens with zero attached hydrogens (tertiary/aromatic N) is 4. The van der Waals surface area contributed by atoms with Crippen molar-refractivity contribution >= 4 is 17.8 Å². The fourth-order valence-corrected chi connectivity index (χ4v) is 3.32. The number of aliphatic imine (C=N–C) groups is 1. The van der Waals surface area contributed by atoms with Crippen molar-refractivity contribution < 1.29 is 14.7 Å². The lowest BCUT2D eigenvalue weighted by Gasteiger charge is -2.26. The Hall–Kier alpha value is -3.40. The molecule has 1 aliphatic rings. The summed E-state index contributed by atoms with van der Waals surface area (Å²) in [4.78, 5) is 30.2. The Labute approximate surface area is 187 Å². The Bertz CT molecular complexity index is 966. The van der Waals surface area contributed by atoms with E-state index in [0.717, 1.165) is 11.1 Å². The van der Waals surface area contributed by atoms with Gasteiger partial charge in [0.05, 0.1) is 25.8 Å². The van der Waals surface area contributed by atoms with E-state index in [2.05, 4.69) is 26.0 Å². The van der Waals surface area contributed by atoms with Gasteiger partial charge in [-0.25, -0.2) is 4.99 Å². The highest BCUT2D eigenvalue weighted by Gasteiger charge is 2.25. The zero-order valence-corrected chi connectivity index (χ0v) is 18.8. The Morgan fingerprint density at radius 2 is 2.06 bits per heavy atom. The van der Waals surface area contributed by atoms with E-state index in [1.54, 1.807) is 48.1 Å². The molecule has 1 aliphatic heterocycles. The fourth-order valence-electron chi connectivity index (χ4n) is 3.32.